The Morgan fingerprint density at radius 3 is 3.00 bits per heavy atom. The third-order valence-corrected chi connectivity index (χ3v) is 2.53. The van der Waals surface area contributed by atoms with Crippen molar-refractivity contribution >= 4 is 11.8 Å². The first kappa shape index (κ1) is 10.5. The van der Waals surface area contributed by atoms with Gasteiger partial charge >= 0.3 is 0 Å². The minimum Gasteiger partial charge on any atom is -0.312 e. The zero-order valence-corrected chi connectivity index (χ0v) is 8.57. The van der Waals surface area contributed by atoms with Gasteiger partial charge in [-0.3, -0.25) is 4.98 Å². The van der Waals surface area contributed by atoms with Gasteiger partial charge in [0.2, 0.25) is 0 Å². The molecular weight excluding hydrogens is 187 g/mol. The van der Waals surface area contributed by atoms with E-state index in [9.17, 15) is 4.39 Å². The van der Waals surface area contributed by atoms with E-state index in [1.54, 1.807) is 24.0 Å². The van der Waals surface area contributed by atoms with Crippen molar-refractivity contribution < 1.29 is 4.39 Å². The number of rotatable bonds is 4. The van der Waals surface area contributed by atoms with Gasteiger partial charge in [-0.25, -0.2) is 4.39 Å². The maximum Gasteiger partial charge on any atom is 0.146 e. The molecule has 0 aromatic carbocycles. The number of thioether (sulfide) groups is 1. The van der Waals surface area contributed by atoms with Crippen LogP contribution in [0.4, 0.5) is 4.39 Å². The highest BCUT2D eigenvalue weighted by Gasteiger charge is 2.12. The van der Waals surface area contributed by atoms with Crippen LogP contribution in [0.1, 0.15) is 11.6 Å². The molecule has 1 aromatic rings. The summed E-state index contributed by atoms with van der Waals surface area (Å²) in [7, 11) is 1.83. The normalized spacial score (nSPS) is 12.8. The van der Waals surface area contributed by atoms with E-state index in [0.717, 1.165) is 5.75 Å². The molecule has 72 valence electrons. The monoisotopic (exact) mass is 200 g/mol. The lowest BCUT2D eigenvalue weighted by Crippen LogP contribution is -2.19. The van der Waals surface area contributed by atoms with Crippen LogP contribution in [-0.2, 0) is 0 Å². The largest absolute Gasteiger partial charge is 0.312 e. The van der Waals surface area contributed by atoms with Crippen molar-refractivity contribution in [2.24, 2.45) is 0 Å². The Bertz CT molecular complexity index is 268. The summed E-state index contributed by atoms with van der Waals surface area (Å²) in [6.07, 6.45) is 4.87. The van der Waals surface area contributed by atoms with Gasteiger partial charge in [-0.2, -0.15) is 11.8 Å². The molecule has 1 heterocycles. The van der Waals surface area contributed by atoms with E-state index in [4.69, 9.17) is 0 Å². The van der Waals surface area contributed by atoms with Crippen LogP contribution in [0.3, 0.4) is 0 Å². The van der Waals surface area contributed by atoms with Gasteiger partial charge < -0.3 is 5.32 Å². The van der Waals surface area contributed by atoms with E-state index in [1.165, 1.54) is 6.20 Å². The zero-order valence-electron chi connectivity index (χ0n) is 7.75. The first-order valence-electron chi connectivity index (χ1n) is 4.05. The molecule has 1 N–H and O–H groups in total. The minimum atomic E-state index is -0.240. The number of hydrogen-bond donors (Lipinski definition) is 1. The Morgan fingerprint density at radius 2 is 2.46 bits per heavy atom. The van der Waals surface area contributed by atoms with E-state index >= 15 is 0 Å². The van der Waals surface area contributed by atoms with Crippen LogP contribution in [-0.4, -0.2) is 24.0 Å². The van der Waals surface area contributed by atoms with Crippen molar-refractivity contribution in [3.8, 4) is 0 Å². The molecule has 13 heavy (non-hydrogen) atoms. The predicted octanol–water partition coefficient (Wildman–Crippen LogP) is 1.84. The molecule has 1 rings (SSSR count). The zero-order chi connectivity index (χ0) is 9.68. The van der Waals surface area contributed by atoms with Crippen molar-refractivity contribution in [2.75, 3.05) is 19.1 Å². The fourth-order valence-electron chi connectivity index (χ4n) is 1.16. The molecule has 0 saturated heterocycles. The van der Waals surface area contributed by atoms with Crippen LogP contribution in [0.5, 0.6) is 0 Å². The Morgan fingerprint density at radius 1 is 1.69 bits per heavy atom. The molecule has 0 radical (unpaired) electrons. The summed E-state index contributed by atoms with van der Waals surface area (Å²) >= 11 is 1.69. The second-order valence-electron chi connectivity index (χ2n) is 2.69. The van der Waals surface area contributed by atoms with Crippen LogP contribution in [0.2, 0.25) is 0 Å². The van der Waals surface area contributed by atoms with Crippen LogP contribution < -0.4 is 5.32 Å². The van der Waals surface area contributed by atoms with Gasteiger partial charge in [0, 0.05) is 23.6 Å². The van der Waals surface area contributed by atoms with Crippen LogP contribution in [0, 0.1) is 5.82 Å². The summed E-state index contributed by atoms with van der Waals surface area (Å²) in [5.74, 6) is 0.619. The molecule has 0 aliphatic heterocycles. The Hall–Kier alpha value is -0.610. The number of nitrogens with one attached hydrogen (secondary N) is 1. The highest BCUT2D eigenvalue weighted by atomic mass is 32.2. The molecule has 0 saturated carbocycles. The van der Waals surface area contributed by atoms with Gasteiger partial charge in [-0.05, 0) is 19.4 Å². The average Bonchev–Trinajstić information content (AvgIpc) is 2.16. The maximum absolute atomic E-state index is 13.2. The van der Waals surface area contributed by atoms with Crippen molar-refractivity contribution in [1.29, 1.82) is 0 Å². The van der Waals surface area contributed by atoms with Crippen molar-refractivity contribution in [3.63, 3.8) is 0 Å². The lowest BCUT2D eigenvalue weighted by atomic mass is 10.1. The van der Waals surface area contributed by atoms with Crippen LogP contribution >= 0.6 is 11.8 Å². The summed E-state index contributed by atoms with van der Waals surface area (Å²) in [4.78, 5) is 3.71. The molecule has 0 aliphatic carbocycles. The Kier molecular flexibility index (Phi) is 4.18. The topological polar surface area (TPSA) is 24.9 Å². The van der Waals surface area contributed by atoms with Crippen molar-refractivity contribution in [1.82, 2.24) is 10.3 Å². The Labute approximate surface area is 81.9 Å². The highest BCUT2D eigenvalue weighted by Crippen LogP contribution is 2.18. The van der Waals surface area contributed by atoms with Gasteiger partial charge in [0.05, 0.1) is 6.20 Å². The molecule has 0 fully saturated rings. The molecule has 0 aliphatic rings. The standard InChI is InChI=1S/C9H13FN2S/c1-11-9(6-13-2)7-3-4-12-5-8(7)10/h3-5,9,11H,6H2,1-2H3. The van der Waals surface area contributed by atoms with Gasteiger partial charge in [0.25, 0.3) is 0 Å². The molecule has 2 nitrogen and oxygen atoms in total. The SMILES string of the molecule is CNC(CSC)c1ccncc1F. The third kappa shape index (κ3) is 2.67. The van der Waals surface area contributed by atoms with Gasteiger partial charge in [-0.15, -0.1) is 0 Å². The molecule has 1 atom stereocenters. The fourth-order valence-corrected chi connectivity index (χ4v) is 1.84. The molecule has 0 amide bonds. The predicted molar refractivity (Wildman–Crippen MR) is 54.4 cm³/mol. The van der Waals surface area contributed by atoms with Gasteiger partial charge in [0.1, 0.15) is 5.82 Å². The Balaban J connectivity index is 2.84. The third-order valence-electron chi connectivity index (χ3n) is 1.86. The molecule has 0 bridgehead atoms. The summed E-state index contributed by atoms with van der Waals surface area (Å²) in [6.45, 7) is 0. The first-order chi connectivity index (χ1) is 6.29. The number of hydrogen-bond acceptors (Lipinski definition) is 3. The molecular formula is C9H13FN2S. The van der Waals surface area contributed by atoms with Gasteiger partial charge in [0.15, 0.2) is 0 Å². The van der Waals surface area contributed by atoms with Crippen LogP contribution in [0.15, 0.2) is 18.5 Å². The van der Waals surface area contributed by atoms with Crippen molar-refractivity contribution in [2.45, 2.75) is 6.04 Å². The van der Waals surface area contributed by atoms with E-state index in [0.29, 0.717) is 5.56 Å². The molecule has 4 heteroatoms. The first-order valence-corrected chi connectivity index (χ1v) is 5.44. The lowest BCUT2D eigenvalue weighted by molar-refractivity contribution is 0.561. The van der Waals surface area contributed by atoms with E-state index in [2.05, 4.69) is 10.3 Å². The highest BCUT2D eigenvalue weighted by molar-refractivity contribution is 7.98. The lowest BCUT2D eigenvalue weighted by Gasteiger charge is -2.15. The number of pyridine rings is 1. The second kappa shape index (κ2) is 5.19. The average molecular weight is 200 g/mol. The van der Waals surface area contributed by atoms with Crippen molar-refractivity contribution in [3.05, 3.63) is 29.8 Å². The second-order valence-corrected chi connectivity index (χ2v) is 3.60. The summed E-state index contributed by atoms with van der Waals surface area (Å²) < 4.78 is 13.2. The van der Waals surface area contributed by atoms with Crippen LogP contribution in [0.25, 0.3) is 0 Å². The fraction of sp³-hybridized carbons (Fsp3) is 0.444. The van der Waals surface area contributed by atoms with E-state index < -0.39 is 0 Å². The molecule has 1 aromatic heterocycles. The summed E-state index contributed by atoms with van der Waals surface area (Å²) in [5.41, 5.74) is 0.687. The number of aromatic nitrogens is 1. The summed E-state index contributed by atoms with van der Waals surface area (Å²) in [6, 6.07) is 1.78. The summed E-state index contributed by atoms with van der Waals surface area (Å²) in [5, 5.41) is 3.07. The quantitative estimate of drug-likeness (QED) is 0.803. The molecule has 0 spiro atoms. The van der Waals surface area contributed by atoms with Gasteiger partial charge in [-0.1, -0.05) is 0 Å². The molecule has 1 unspecified atom stereocenters. The number of halogens is 1. The number of nitrogens with zero attached hydrogens (tertiary/aromatic N) is 1. The maximum atomic E-state index is 13.2. The van der Waals surface area contributed by atoms with E-state index in [1.807, 2.05) is 13.3 Å². The smallest absolute Gasteiger partial charge is 0.146 e. The van der Waals surface area contributed by atoms with E-state index in [-0.39, 0.29) is 11.9 Å². The minimum absolute atomic E-state index is 0.0676.